The molecule has 0 N–H and O–H groups in total. The minimum absolute atomic E-state index is 0.0657. The normalized spacial score (nSPS) is 12.0. The van der Waals surface area contributed by atoms with Gasteiger partial charge >= 0.3 is 17.9 Å². The first-order valence-electron chi connectivity index (χ1n) is 34.7. The van der Waals surface area contributed by atoms with Gasteiger partial charge in [0.05, 0.1) is 0 Å². The Bertz CT molecular complexity index is 1180. The lowest BCUT2D eigenvalue weighted by Crippen LogP contribution is -2.30. The van der Waals surface area contributed by atoms with E-state index in [2.05, 4.69) is 32.9 Å². The summed E-state index contributed by atoms with van der Waals surface area (Å²) >= 11 is 0. The maximum atomic E-state index is 12.9. The molecule has 0 saturated carbocycles. The highest BCUT2D eigenvalue weighted by Gasteiger charge is 2.19. The number of carbonyl (C=O) groups excluding carboxylic acids is 3. The van der Waals surface area contributed by atoms with Crippen LogP contribution in [0.2, 0.25) is 0 Å². The molecule has 0 rings (SSSR count). The van der Waals surface area contributed by atoms with E-state index < -0.39 is 6.10 Å². The first-order valence-corrected chi connectivity index (χ1v) is 34.7. The summed E-state index contributed by atoms with van der Waals surface area (Å²) < 4.78 is 17.0. The van der Waals surface area contributed by atoms with E-state index in [1.165, 1.54) is 295 Å². The SMILES string of the molecule is CCCCCCC/C=C\CCCCCCCC(=O)OCC(COC(=O)CCCCCCCCCCCCCCCCCCCCCCCC)OC(=O)CCCCCCCCCCCCCCCCCCCCCCCC. The van der Waals surface area contributed by atoms with E-state index in [0.717, 1.165) is 64.2 Å². The Hall–Kier alpha value is -1.85. The van der Waals surface area contributed by atoms with Crippen molar-refractivity contribution in [3.63, 3.8) is 0 Å². The van der Waals surface area contributed by atoms with E-state index in [4.69, 9.17) is 14.2 Å². The van der Waals surface area contributed by atoms with Crippen molar-refractivity contribution in [2.24, 2.45) is 0 Å². The van der Waals surface area contributed by atoms with Gasteiger partial charge in [0.15, 0.2) is 6.10 Å². The van der Waals surface area contributed by atoms with Crippen LogP contribution in [0.25, 0.3) is 0 Å². The molecule has 0 aromatic rings. The minimum atomic E-state index is -0.769. The molecule has 0 heterocycles. The molecule has 0 aromatic heterocycles. The van der Waals surface area contributed by atoms with Crippen molar-refractivity contribution in [1.82, 2.24) is 0 Å². The van der Waals surface area contributed by atoms with E-state index in [0.29, 0.717) is 19.3 Å². The van der Waals surface area contributed by atoms with Crippen molar-refractivity contribution in [2.75, 3.05) is 13.2 Å². The second kappa shape index (κ2) is 65.7. The van der Waals surface area contributed by atoms with Crippen LogP contribution in [-0.4, -0.2) is 37.2 Å². The zero-order valence-corrected chi connectivity index (χ0v) is 51.8. The molecule has 1 atom stereocenters. The molecule has 0 radical (unpaired) electrons. The van der Waals surface area contributed by atoms with Gasteiger partial charge < -0.3 is 14.2 Å². The van der Waals surface area contributed by atoms with Gasteiger partial charge in [0.25, 0.3) is 0 Å². The summed E-state index contributed by atoms with van der Waals surface area (Å²) in [5, 5.41) is 0. The first kappa shape index (κ1) is 74.2. The molecular formula is C70H134O6. The van der Waals surface area contributed by atoms with Crippen LogP contribution in [0.5, 0.6) is 0 Å². The molecule has 6 nitrogen and oxygen atoms in total. The zero-order chi connectivity index (χ0) is 55.0. The van der Waals surface area contributed by atoms with Gasteiger partial charge in [-0.2, -0.15) is 0 Å². The van der Waals surface area contributed by atoms with E-state index in [-0.39, 0.29) is 31.1 Å². The number of hydrogen-bond acceptors (Lipinski definition) is 6. The maximum Gasteiger partial charge on any atom is 0.306 e. The lowest BCUT2D eigenvalue weighted by atomic mass is 10.0. The summed E-state index contributed by atoms with van der Waals surface area (Å²) in [5.41, 5.74) is 0. The smallest absolute Gasteiger partial charge is 0.306 e. The van der Waals surface area contributed by atoms with Gasteiger partial charge in [-0.15, -0.1) is 0 Å². The quantitative estimate of drug-likeness (QED) is 0.0261. The number of rotatable bonds is 65. The number of allylic oxidation sites excluding steroid dienone is 2. The van der Waals surface area contributed by atoms with E-state index in [9.17, 15) is 14.4 Å². The Labute approximate surface area is 475 Å². The fourth-order valence-electron chi connectivity index (χ4n) is 10.8. The van der Waals surface area contributed by atoms with Crippen LogP contribution in [-0.2, 0) is 28.6 Å². The lowest BCUT2D eigenvalue weighted by molar-refractivity contribution is -0.167. The molecule has 0 aromatic carbocycles. The molecule has 0 aliphatic heterocycles. The number of carbonyl (C=O) groups is 3. The fraction of sp³-hybridized carbons (Fsp3) is 0.929. The first-order chi connectivity index (χ1) is 37.5. The van der Waals surface area contributed by atoms with Crippen LogP contribution in [0.1, 0.15) is 400 Å². The second-order valence-electron chi connectivity index (χ2n) is 23.8. The third kappa shape index (κ3) is 63.0. The van der Waals surface area contributed by atoms with E-state index >= 15 is 0 Å². The molecule has 76 heavy (non-hydrogen) atoms. The van der Waals surface area contributed by atoms with Gasteiger partial charge in [0.1, 0.15) is 13.2 Å². The Balaban J connectivity index is 4.24. The van der Waals surface area contributed by atoms with E-state index in [1.807, 2.05) is 0 Å². The maximum absolute atomic E-state index is 12.9. The van der Waals surface area contributed by atoms with Crippen molar-refractivity contribution in [2.45, 2.75) is 406 Å². The molecule has 0 fully saturated rings. The third-order valence-corrected chi connectivity index (χ3v) is 16.0. The minimum Gasteiger partial charge on any atom is -0.462 e. The predicted molar refractivity (Wildman–Crippen MR) is 330 cm³/mol. The third-order valence-electron chi connectivity index (χ3n) is 16.0. The molecule has 0 saturated heterocycles. The Morgan fingerprint density at radius 3 is 0.658 bits per heavy atom. The summed E-state index contributed by atoms with van der Waals surface area (Å²) in [6.07, 6.45) is 78.1. The monoisotopic (exact) mass is 1070 g/mol. The molecule has 6 heteroatoms. The highest BCUT2D eigenvalue weighted by molar-refractivity contribution is 5.71. The predicted octanol–water partition coefficient (Wildman–Crippen LogP) is 23.6. The Morgan fingerprint density at radius 2 is 0.434 bits per heavy atom. The van der Waals surface area contributed by atoms with Crippen LogP contribution < -0.4 is 0 Å². The fourth-order valence-corrected chi connectivity index (χ4v) is 10.8. The van der Waals surface area contributed by atoms with Gasteiger partial charge in [-0.3, -0.25) is 14.4 Å². The van der Waals surface area contributed by atoms with Crippen LogP contribution >= 0.6 is 0 Å². The molecule has 450 valence electrons. The van der Waals surface area contributed by atoms with Crippen LogP contribution in [0.4, 0.5) is 0 Å². The standard InChI is InChI=1S/C70H134O6/c1-4-7-10-13-16-19-22-25-28-30-32-34-36-38-40-42-45-48-51-54-57-60-63-69(72)75-66-67(65-74-68(71)62-59-56-53-50-47-44-27-24-21-18-15-12-9-6-3)76-70(73)64-61-58-55-52-49-46-43-41-39-37-35-33-31-29-26-23-20-17-14-11-8-5-2/h24,27,67H,4-23,25-26,28-66H2,1-3H3/b27-24-. The highest BCUT2D eigenvalue weighted by atomic mass is 16.6. The van der Waals surface area contributed by atoms with E-state index in [1.54, 1.807) is 0 Å². The largest absolute Gasteiger partial charge is 0.462 e. The van der Waals surface area contributed by atoms with Gasteiger partial charge in [-0.1, -0.05) is 348 Å². The lowest BCUT2D eigenvalue weighted by Gasteiger charge is -2.18. The Morgan fingerprint density at radius 1 is 0.250 bits per heavy atom. The molecule has 0 bridgehead atoms. The summed E-state index contributed by atoms with van der Waals surface area (Å²) in [6, 6.07) is 0. The average molecular weight is 1070 g/mol. The van der Waals surface area contributed by atoms with Gasteiger partial charge in [0, 0.05) is 19.3 Å². The average Bonchev–Trinajstić information content (AvgIpc) is 3.42. The molecule has 0 spiro atoms. The number of esters is 3. The molecule has 0 aliphatic rings. The highest BCUT2D eigenvalue weighted by Crippen LogP contribution is 2.19. The van der Waals surface area contributed by atoms with Gasteiger partial charge in [0.2, 0.25) is 0 Å². The summed E-state index contributed by atoms with van der Waals surface area (Å²) in [5.74, 6) is -0.839. The van der Waals surface area contributed by atoms with Crippen LogP contribution in [0.15, 0.2) is 12.2 Å². The molecule has 0 amide bonds. The summed E-state index contributed by atoms with van der Waals surface area (Å²) in [6.45, 7) is 6.72. The van der Waals surface area contributed by atoms with Gasteiger partial charge in [-0.05, 0) is 44.9 Å². The molecule has 0 aliphatic carbocycles. The summed E-state index contributed by atoms with van der Waals surface area (Å²) in [7, 11) is 0. The number of ether oxygens (including phenoxy) is 3. The molecular weight excluding hydrogens is 937 g/mol. The van der Waals surface area contributed by atoms with Crippen molar-refractivity contribution < 1.29 is 28.6 Å². The van der Waals surface area contributed by atoms with Crippen molar-refractivity contribution in [3.05, 3.63) is 12.2 Å². The van der Waals surface area contributed by atoms with Crippen molar-refractivity contribution in [3.8, 4) is 0 Å². The van der Waals surface area contributed by atoms with Crippen LogP contribution in [0.3, 0.4) is 0 Å². The molecule has 1 unspecified atom stereocenters. The van der Waals surface area contributed by atoms with Gasteiger partial charge in [-0.25, -0.2) is 0 Å². The number of hydrogen-bond donors (Lipinski definition) is 0. The van der Waals surface area contributed by atoms with Crippen molar-refractivity contribution in [1.29, 1.82) is 0 Å². The summed E-state index contributed by atoms with van der Waals surface area (Å²) in [4.78, 5) is 38.4. The Kier molecular flexibility index (Phi) is 64.1. The van der Waals surface area contributed by atoms with Crippen LogP contribution in [0, 0.1) is 0 Å². The second-order valence-corrected chi connectivity index (χ2v) is 23.8. The zero-order valence-electron chi connectivity index (χ0n) is 51.8. The topological polar surface area (TPSA) is 78.9 Å². The number of unbranched alkanes of at least 4 members (excludes halogenated alkanes) is 52. The van der Waals surface area contributed by atoms with Crippen molar-refractivity contribution >= 4 is 17.9 Å².